The molecule has 0 unspecified atom stereocenters. The van der Waals surface area contributed by atoms with Crippen LogP contribution >= 0.6 is 0 Å². The van der Waals surface area contributed by atoms with Gasteiger partial charge in [0.25, 0.3) is 0 Å². The molecule has 4 heteroatoms. The molecule has 90 valence electrons. The Labute approximate surface area is 95.9 Å². The van der Waals surface area contributed by atoms with Gasteiger partial charge in [0.05, 0.1) is 0 Å². The van der Waals surface area contributed by atoms with Gasteiger partial charge in [-0.3, -0.25) is 4.21 Å². The van der Waals surface area contributed by atoms with Crippen LogP contribution in [0, 0.1) is 5.41 Å². The topological polar surface area (TPSA) is 46.3 Å². The largest absolute Gasteiger partial charge is 0.330 e. The van der Waals surface area contributed by atoms with Gasteiger partial charge in [-0.2, -0.15) is 0 Å². The molecule has 0 saturated carbocycles. The third-order valence-corrected chi connectivity index (χ3v) is 4.43. The first-order chi connectivity index (χ1) is 7.03. The molecular formula is C11H24N2OS. The van der Waals surface area contributed by atoms with Gasteiger partial charge >= 0.3 is 0 Å². The Balaban J connectivity index is 2.13. The van der Waals surface area contributed by atoms with Crippen LogP contribution in [0.25, 0.3) is 0 Å². The van der Waals surface area contributed by atoms with Crippen LogP contribution in [0.2, 0.25) is 0 Å². The van der Waals surface area contributed by atoms with Crippen LogP contribution in [0.4, 0.5) is 0 Å². The highest BCUT2D eigenvalue weighted by molar-refractivity contribution is 7.85. The molecule has 1 heterocycles. The lowest BCUT2D eigenvalue weighted by Crippen LogP contribution is -2.38. The summed E-state index contributed by atoms with van der Waals surface area (Å²) in [7, 11) is -0.547. The molecule has 0 aromatic heterocycles. The molecule has 1 aliphatic rings. The highest BCUT2D eigenvalue weighted by atomic mass is 32.2. The van der Waals surface area contributed by atoms with E-state index < -0.39 is 10.8 Å². The van der Waals surface area contributed by atoms with Crippen molar-refractivity contribution in [3.05, 3.63) is 0 Å². The lowest BCUT2D eigenvalue weighted by molar-refractivity contribution is 0.259. The van der Waals surface area contributed by atoms with Crippen molar-refractivity contribution in [1.29, 1.82) is 0 Å². The second kappa shape index (κ2) is 5.97. The second-order valence-corrected chi connectivity index (χ2v) is 6.86. The molecule has 0 amide bonds. The first-order valence-electron chi connectivity index (χ1n) is 5.81. The summed E-state index contributed by atoms with van der Waals surface area (Å²) in [6.07, 6.45) is 2.39. The molecule has 1 rings (SSSR count). The minimum atomic E-state index is -0.547. The number of nitrogens with two attached hydrogens (primary N) is 1. The van der Waals surface area contributed by atoms with Crippen LogP contribution in [-0.2, 0) is 10.8 Å². The van der Waals surface area contributed by atoms with Gasteiger partial charge in [0.1, 0.15) is 0 Å². The molecule has 0 bridgehead atoms. The Morgan fingerprint density at radius 3 is 2.47 bits per heavy atom. The summed E-state index contributed by atoms with van der Waals surface area (Å²) in [5.74, 6) is 1.72. The van der Waals surface area contributed by atoms with Gasteiger partial charge in [0.15, 0.2) is 0 Å². The van der Waals surface area contributed by atoms with Crippen LogP contribution in [-0.4, -0.2) is 46.8 Å². The number of hydrogen-bond acceptors (Lipinski definition) is 3. The molecule has 0 aromatic carbocycles. The van der Waals surface area contributed by atoms with E-state index in [0.29, 0.717) is 0 Å². The van der Waals surface area contributed by atoms with Gasteiger partial charge in [0.2, 0.25) is 0 Å². The van der Waals surface area contributed by atoms with Gasteiger partial charge in [-0.1, -0.05) is 13.8 Å². The first-order valence-corrected chi connectivity index (χ1v) is 7.30. The summed E-state index contributed by atoms with van der Waals surface area (Å²) in [4.78, 5) is 2.42. The molecule has 1 saturated heterocycles. The van der Waals surface area contributed by atoms with E-state index in [1.54, 1.807) is 0 Å². The average Bonchev–Trinajstić information content (AvgIpc) is 2.21. The van der Waals surface area contributed by atoms with E-state index in [9.17, 15) is 4.21 Å². The zero-order valence-corrected chi connectivity index (χ0v) is 10.8. The Morgan fingerprint density at radius 2 is 1.93 bits per heavy atom. The van der Waals surface area contributed by atoms with E-state index >= 15 is 0 Å². The normalized spacial score (nSPS) is 20.7. The maximum atomic E-state index is 11.2. The minimum absolute atomic E-state index is 0.276. The molecular weight excluding hydrogens is 208 g/mol. The lowest BCUT2D eigenvalue weighted by Gasteiger charge is -2.28. The predicted molar refractivity (Wildman–Crippen MR) is 66.4 cm³/mol. The molecule has 0 aliphatic carbocycles. The molecule has 0 spiro atoms. The van der Waals surface area contributed by atoms with Crippen molar-refractivity contribution in [2.75, 3.05) is 37.7 Å². The van der Waals surface area contributed by atoms with Gasteiger partial charge < -0.3 is 10.6 Å². The molecule has 1 aliphatic heterocycles. The third-order valence-electron chi connectivity index (χ3n) is 3.15. The standard InChI is InChI=1S/C11H24N2OS/c1-11(2,10-12)4-3-5-13-6-8-15(14)9-7-13/h3-10,12H2,1-2H3. The molecule has 0 atom stereocenters. The summed E-state index contributed by atoms with van der Waals surface area (Å²) >= 11 is 0. The maximum absolute atomic E-state index is 11.2. The summed E-state index contributed by atoms with van der Waals surface area (Å²) in [5.41, 5.74) is 5.97. The fourth-order valence-corrected chi connectivity index (χ4v) is 2.91. The Bertz CT molecular complexity index is 209. The first kappa shape index (κ1) is 13.1. The Kier molecular flexibility index (Phi) is 5.23. The van der Waals surface area contributed by atoms with E-state index in [2.05, 4.69) is 18.7 Å². The molecule has 3 nitrogen and oxygen atoms in total. The summed E-state index contributed by atoms with van der Waals surface area (Å²) in [5, 5.41) is 0. The molecule has 1 fully saturated rings. The van der Waals surface area contributed by atoms with Crippen LogP contribution in [0.15, 0.2) is 0 Å². The highest BCUT2D eigenvalue weighted by Crippen LogP contribution is 2.20. The van der Waals surface area contributed by atoms with Crippen LogP contribution in [0.5, 0.6) is 0 Å². The Hall–Kier alpha value is 0.0700. The molecule has 0 aromatic rings. The monoisotopic (exact) mass is 232 g/mol. The highest BCUT2D eigenvalue weighted by Gasteiger charge is 2.18. The van der Waals surface area contributed by atoms with E-state index in [1.807, 2.05) is 0 Å². The van der Waals surface area contributed by atoms with E-state index in [0.717, 1.165) is 37.7 Å². The van der Waals surface area contributed by atoms with Crippen molar-refractivity contribution in [1.82, 2.24) is 4.90 Å². The molecule has 15 heavy (non-hydrogen) atoms. The summed E-state index contributed by atoms with van der Waals surface area (Å²) in [6, 6.07) is 0. The molecule has 2 N–H and O–H groups in total. The van der Waals surface area contributed by atoms with Crippen molar-refractivity contribution in [2.45, 2.75) is 26.7 Å². The van der Waals surface area contributed by atoms with Crippen LogP contribution in [0.1, 0.15) is 26.7 Å². The summed E-state index contributed by atoms with van der Waals surface area (Å²) in [6.45, 7) is 8.36. The van der Waals surface area contributed by atoms with E-state index in [1.165, 1.54) is 12.8 Å². The second-order valence-electron chi connectivity index (χ2n) is 5.16. The van der Waals surface area contributed by atoms with E-state index in [4.69, 9.17) is 5.73 Å². The summed E-state index contributed by atoms with van der Waals surface area (Å²) < 4.78 is 11.2. The number of hydrogen-bond donors (Lipinski definition) is 1. The van der Waals surface area contributed by atoms with Crippen LogP contribution in [0.3, 0.4) is 0 Å². The number of rotatable bonds is 5. The SMILES string of the molecule is CC(C)(CN)CCCN1CCS(=O)CC1. The lowest BCUT2D eigenvalue weighted by atomic mass is 9.88. The zero-order valence-electron chi connectivity index (χ0n) is 10.00. The third kappa shape index (κ3) is 5.09. The van der Waals surface area contributed by atoms with Gasteiger partial charge in [-0.15, -0.1) is 0 Å². The zero-order chi connectivity index (χ0) is 11.3. The van der Waals surface area contributed by atoms with E-state index in [-0.39, 0.29) is 5.41 Å². The molecule has 0 radical (unpaired) electrons. The quantitative estimate of drug-likeness (QED) is 0.763. The van der Waals surface area contributed by atoms with Gasteiger partial charge in [-0.25, -0.2) is 0 Å². The van der Waals surface area contributed by atoms with Crippen molar-refractivity contribution in [2.24, 2.45) is 11.1 Å². The van der Waals surface area contributed by atoms with Crippen LogP contribution < -0.4 is 5.73 Å². The maximum Gasteiger partial charge on any atom is 0.0363 e. The van der Waals surface area contributed by atoms with Crippen molar-refractivity contribution in [3.63, 3.8) is 0 Å². The fourth-order valence-electron chi connectivity index (χ4n) is 1.78. The smallest absolute Gasteiger partial charge is 0.0363 e. The predicted octanol–water partition coefficient (Wildman–Crippen LogP) is 0.816. The average molecular weight is 232 g/mol. The van der Waals surface area contributed by atoms with Crippen molar-refractivity contribution in [3.8, 4) is 0 Å². The Morgan fingerprint density at radius 1 is 1.33 bits per heavy atom. The fraction of sp³-hybridized carbons (Fsp3) is 1.00. The van der Waals surface area contributed by atoms with Crippen molar-refractivity contribution >= 4 is 10.8 Å². The van der Waals surface area contributed by atoms with Crippen molar-refractivity contribution < 1.29 is 4.21 Å². The van der Waals surface area contributed by atoms with Gasteiger partial charge in [0, 0.05) is 35.4 Å². The number of nitrogens with zero attached hydrogens (tertiary/aromatic N) is 1. The minimum Gasteiger partial charge on any atom is -0.330 e. The van der Waals surface area contributed by atoms with Gasteiger partial charge in [-0.05, 0) is 31.3 Å².